The normalized spacial score (nSPS) is 26.8. The topological polar surface area (TPSA) is 59.1 Å². The molecule has 0 aliphatic carbocycles. The number of rotatable bonds is 7. The molecule has 0 N–H and O–H groups in total. The van der Waals surface area contributed by atoms with Gasteiger partial charge in [0, 0.05) is 38.7 Å². The summed E-state index contributed by atoms with van der Waals surface area (Å²) >= 11 is 0. The molecular formula is C24H34N2O4. The summed E-state index contributed by atoms with van der Waals surface area (Å²) in [4.78, 5) is 28.9. The summed E-state index contributed by atoms with van der Waals surface area (Å²) < 4.78 is 11.5. The molecule has 3 aliphatic rings. The molecule has 30 heavy (non-hydrogen) atoms. The van der Waals surface area contributed by atoms with Crippen LogP contribution in [0.4, 0.5) is 0 Å². The fourth-order valence-electron chi connectivity index (χ4n) is 5.41. The molecule has 1 aromatic rings. The Morgan fingerprint density at radius 3 is 2.23 bits per heavy atom. The van der Waals surface area contributed by atoms with Crippen molar-refractivity contribution in [3.05, 3.63) is 35.9 Å². The first kappa shape index (κ1) is 21.3. The first-order valence-corrected chi connectivity index (χ1v) is 11.4. The Balaban J connectivity index is 1.19. The van der Waals surface area contributed by atoms with Crippen molar-refractivity contribution in [1.82, 2.24) is 9.80 Å². The second kappa shape index (κ2) is 9.92. The second-order valence-electron chi connectivity index (χ2n) is 8.91. The maximum atomic E-state index is 12.6. The highest BCUT2D eigenvalue weighted by atomic mass is 16.5. The number of hydrogen-bond acceptors (Lipinski definition) is 4. The summed E-state index contributed by atoms with van der Waals surface area (Å²) in [6, 6.07) is 10.8. The lowest BCUT2D eigenvalue weighted by molar-refractivity contribution is -0.145. The van der Waals surface area contributed by atoms with Gasteiger partial charge in [-0.25, -0.2) is 0 Å². The summed E-state index contributed by atoms with van der Waals surface area (Å²) in [6.45, 7) is 1.75. The van der Waals surface area contributed by atoms with Crippen molar-refractivity contribution < 1.29 is 19.1 Å². The van der Waals surface area contributed by atoms with Crippen molar-refractivity contribution in [2.45, 2.75) is 75.7 Å². The summed E-state index contributed by atoms with van der Waals surface area (Å²) in [7, 11) is 1.58. The van der Waals surface area contributed by atoms with Gasteiger partial charge in [-0.05, 0) is 50.5 Å². The van der Waals surface area contributed by atoms with E-state index in [1.807, 2.05) is 23.1 Å². The minimum atomic E-state index is 0.116. The summed E-state index contributed by atoms with van der Waals surface area (Å²) in [5, 5.41) is 0. The number of benzene rings is 1. The smallest absolute Gasteiger partial charge is 0.249 e. The zero-order valence-corrected chi connectivity index (χ0v) is 18.0. The van der Waals surface area contributed by atoms with Crippen LogP contribution in [-0.4, -0.2) is 72.7 Å². The van der Waals surface area contributed by atoms with Crippen molar-refractivity contribution in [1.29, 1.82) is 0 Å². The van der Waals surface area contributed by atoms with Crippen LogP contribution in [0.2, 0.25) is 0 Å². The van der Waals surface area contributed by atoms with Gasteiger partial charge in [0.25, 0.3) is 0 Å². The van der Waals surface area contributed by atoms with E-state index in [0.29, 0.717) is 18.5 Å². The predicted molar refractivity (Wildman–Crippen MR) is 114 cm³/mol. The van der Waals surface area contributed by atoms with Crippen LogP contribution in [0.15, 0.2) is 30.3 Å². The molecule has 2 bridgehead atoms. The first-order valence-electron chi connectivity index (χ1n) is 11.4. The number of hydrogen-bond donors (Lipinski definition) is 0. The van der Waals surface area contributed by atoms with Crippen LogP contribution in [0, 0.1) is 0 Å². The Bertz CT molecular complexity index is 703. The molecular weight excluding hydrogens is 380 g/mol. The van der Waals surface area contributed by atoms with Gasteiger partial charge < -0.3 is 19.3 Å². The van der Waals surface area contributed by atoms with Crippen molar-refractivity contribution in [3.8, 4) is 0 Å². The standard InChI is InChI=1S/C24H34N2O4/c1-29-17-24(28)26-19-8-9-20(26)16-22(15-19)30-21-11-13-25(14-12-21)23(27)10-7-18-5-3-2-4-6-18/h2-6,19-22H,7-17H2,1H3/t19-,20+,22?. The molecule has 1 unspecified atom stereocenters. The van der Waals surface area contributed by atoms with E-state index in [0.717, 1.165) is 58.0 Å². The predicted octanol–water partition coefficient (Wildman–Crippen LogP) is 2.80. The average Bonchev–Trinajstić information content (AvgIpc) is 3.04. The number of likely N-dealkylation sites (tertiary alicyclic amines) is 1. The largest absolute Gasteiger partial charge is 0.375 e. The molecule has 1 aromatic carbocycles. The lowest BCUT2D eigenvalue weighted by Gasteiger charge is -2.41. The Morgan fingerprint density at radius 2 is 1.60 bits per heavy atom. The molecule has 6 nitrogen and oxygen atoms in total. The minimum absolute atomic E-state index is 0.116. The van der Waals surface area contributed by atoms with E-state index >= 15 is 0 Å². The zero-order valence-electron chi connectivity index (χ0n) is 18.0. The maximum absolute atomic E-state index is 12.6. The number of amides is 2. The minimum Gasteiger partial charge on any atom is -0.375 e. The van der Waals surface area contributed by atoms with Gasteiger partial charge in [0.1, 0.15) is 6.61 Å². The molecule has 6 heteroatoms. The summed E-state index contributed by atoms with van der Waals surface area (Å²) in [5.74, 6) is 0.367. The van der Waals surface area contributed by atoms with Gasteiger partial charge in [-0.3, -0.25) is 9.59 Å². The third kappa shape index (κ3) is 5.03. The number of carbonyl (C=O) groups excluding carboxylic acids is 2. The fourth-order valence-corrected chi connectivity index (χ4v) is 5.41. The number of carbonyl (C=O) groups is 2. The van der Waals surface area contributed by atoms with Gasteiger partial charge in [0.2, 0.25) is 11.8 Å². The number of aryl methyl sites for hydroxylation is 1. The van der Waals surface area contributed by atoms with Gasteiger partial charge >= 0.3 is 0 Å². The van der Waals surface area contributed by atoms with E-state index in [4.69, 9.17) is 9.47 Å². The molecule has 164 valence electrons. The van der Waals surface area contributed by atoms with E-state index in [9.17, 15) is 9.59 Å². The Labute approximate surface area is 179 Å². The first-order chi connectivity index (χ1) is 14.6. The van der Waals surface area contributed by atoms with Crippen LogP contribution in [0.1, 0.15) is 50.5 Å². The molecule has 0 saturated carbocycles. The number of fused-ring (bicyclic) bond motifs is 2. The van der Waals surface area contributed by atoms with Crippen molar-refractivity contribution in [2.75, 3.05) is 26.8 Å². The Morgan fingerprint density at radius 1 is 0.933 bits per heavy atom. The number of ether oxygens (including phenoxy) is 2. The monoisotopic (exact) mass is 414 g/mol. The number of methoxy groups -OCH3 is 1. The fraction of sp³-hybridized carbons (Fsp3) is 0.667. The highest BCUT2D eigenvalue weighted by molar-refractivity contribution is 5.78. The molecule has 3 atom stereocenters. The highest BCUT2D eigenvalue weighted by Crippen LogP contribution is 2.38. The van der Waals surface area contributed by atoms with Crippen molar-refractivity contribution in [3.63, 3.8) is 0 Å². The molecule has 3 heterocycles. The van der Waals surface area contributed by atoms with Crippen LogP contribution < -0.4 is 0 Å². The average molecular weight is 415 g/mol. The van der Waals surface area contributed by atoms with Crippen LogP contribution in [0.25, 0.3) is 0 Å². The second-order valence-corrected chi connectivity index (χ2v) is 8.91. The lowest BCUT2D eigenvalue weighted by atomic mass is 9.98. The van der Waals surface area contributed by atoms with E-state index in [1.165, 1.54) is 5.56 Å². The number of piperidine rings is 2. The van der Waals surface area contributed by atoms with E-state index in [-0.39, 0.29) is 30.6 Å². The quantitative estimate of drug-likeness (QED) is 0.688. The molecule has 3 fully saturated rings. The molecule has 0 radical (unpaired) electrons. The van der Waals surface area contributed by atoms with Crippen LogP contribution >= 0.6 is 0 Å². The Hall–Kier alpha value is -1.92. The number of nitrogens with zero attached hydrogens (tertiary/aromatic N) is 2. The Kier molecular flexibility index (Phi) is 7.05. The van der Waals surface area contributed by atoms with Crippen LogP contribution in [0.3, 0.4) is 0 Å². The third-order valence-electron chi connectivity index (χ3n) is 6.90. The van der Waals surface area contributed by atoms with Crippen molar-refractivity contribution in [2.24, 2.45) is 0 Å². The molecule has 0 aromatic heterocycles. The zero-order chi connectivity index (χ0) is 20.9. The molecule has 4 rings (SSSR count). The molecule has 3 aliphatic heterocycles. The summed E-state index contributed by atoms with van der Waals surface area (Å²) in [5.41, 5.74) is 1.22. The van der Waals surface area contributed by atoms with Crippen molar-refractivity contribution >= 4 is 11.8 Å². The van der Waals surface area contributed by atoms with Gasteiger partial charge in [-0.15, -0.1) is 0 Å². The molecule has 2 amide bonds. The highest BCUT2D eigenvalue weighted by Gasteiger charge is 2.44. The van der Waals surface area contributed by atoms with Gasteiger partial charge in [0.15, 0.2) is 0 Å². The van der Waals surface area contributed by atoms with E-state index in [1.54, 1.807) is 7.11 Å². The van der Waals surface area contributed by atoms with E-state index < -0.39 is 0 Å². The third-order valence-corrected chi connectivity index (χ3v) is 6.90. The van der Waals surface area contributed by atoms with E-state index in [2.05, 4.69) is 17.0 Å². The lowest BCUT2D eigenvalue weighted by Crippen LogP contribution is -2.51. The van der Waals surface area contributed by atoms with Gasteiger partial charge in [0.05, 0.1) is 12.2 Å². The van der Waals surface area contributed by atoms with Crippen LogP contribution in [0.5, 0.6) is 0 Å². The summed E-state index contributed by atoms with van der Waals surface area (Å²) in [6.07, 6.45) is 7.69. The van der Waals surface area contributed by atoms with Gasteiger partial charge in [-0.2, -0.15) is 0 Å². The maximum Gasteiger partial charge on any atom is 0.249 e. The molecule has 0 spiro atoms. The SMILES string of the molecule is COCC(=O)N1[C@@H]2CC[C@H]1CC(OC1CCN(C(=O)CCc3ccccc3)CC1)C2. The van der Waals surface area contributed by atoms with Gasteiger partial charge in [-0.1, -0.05) is 30.3 Å². The molecule has 3 saturated heterocycles. The van der Waals surface area contributed by atoms with Crippen LogP contribution in [-0.2, 0) is 25.5 Å².